The van der Waals surface area contributed by atoms with Crippen molar-refractivity contribution in [1.29, 1.82) is 0 Å². The average molecular weight is 942 g/mol. The van der Waals surface area contributed by atoms with Crippen molar-refractivity contribution in [1.82, 2.24) is 5.32 Å². The van der Waals surface area contributed by atoms with Gasteiger partial charge in [0.2, 0.25) is 5.91 Å². The van der Waals surface area contributed by atoms with Gasteiger partial charge in [0.1, 0.15) is 13.2 Å². The second-order valence-corrected chi connectivity index (χ2v) is 22.4. The number of aliphatic hydroxyl groups is 1. The number of nitrogens with zero attached hydrogens (tertiary/aromatic N) is 1. The summed E-state index contributed by atoms with van der Waals surface area (Å²) < 4.78 is 23.3. The highest BCUT2D eigenvalue weighted by Crippen LogP contribution is 2.38. The van der Waals surface area contributed by atoms with Gasteiger partial charge in [-0.2, -0.15) is 0 Å². The van der Waals surface area contributed by atoms with Crippen LogP contribution >= 0.6 is 7.82 Å². The van der Waals surface area contributed by atoms with Crippen molar-refractivity contribution < 1.29 is 32.9 Å². The second kappa shape index (κ2) is 48.3. The zero-order valence-corrected chi connectivity index (χ0v) is 45.1. The van der Waals surface area contributed by atoms with E-state index in [0.29, 0.717) is 17.4 Å². The minimum Gasteiger partial charge on any atom is -0.756 e. The summed E-state index contributed by atoms with van der Waals surface area (Å²) in [6.07, 6.45) is 58.8. The number of amides is 1. The Morgan fingerprint density at radius 2 is 0.831 bits per heavy atom. The van der Waals surface area contributed by atoms with Gasteiger partial charge in [-0.15, -0.1) is 0 Å². The van der Waals surface area contributed by atoms with E-state index in [1.54, 1.807) is 6.08 Å². The SMILES string of the molecule is CCCCCCCCCCC/C=C/C(O)C(COP(=O)([O-])OCC[N+](C)(C)C)NC(=O)CCCCCCCCCCCCCCCCCCCCCCCCCCCCCCCCCC. The van der Waals surface area contributed by atoms with Crippen LogP contribution < -0.4 is 10.2 Å². The quantitative estimate of drug-likeness (QED) is 0.0272. The molecular formula is C56H113N2O6P. The summed E-state index contributed by atoms with van der Waals surface area (Å²) in [4.78, 5) is 25.4. The van der Waals surface area contributed by atoms with Crippen molar-refractivity contribution in [3.05, 3.63) is 12.2 Å². The van der Waals surface area contributed by atoms with Crippen molar-refractivity contribution in [2.75, 3.05) is 40.9 Å². The number of hydrogen-bond acceptors (Lipinski definition) is 6. The number of aliphatic hydroxyl groups excluding tert-OH is 1. The number of hydrogen-bond donors (Lipinski definition) is 2. The number of quaternary nitrogens is 1. The number of carbonyl (C=O) groups excluding carboxylic acids is 1. The third kappa shape index (κ3) is 50.9. The fourth-order valence-corrected chi connectivity index (χ4v) is 9.47. The Bertz CT molecular complexity index is 1070. The highest BCUT2D eigenvalue weighted by molar-refractivity contribution is 7.45. The molecule has 1 amide bonds. The molecule has 0 aliphatic rings. The van der Waals surface area contributed by atoms with Crippen LogP contribution in [0.2, 0.25) is 0 Å². The Balaban J connectivity index is 3.93. The monoisotopic (exact) mass is 941 g/mol. The van der Waals surface area contributed by atoms with Crippen LogP contribution in [0.3, 0.4) is 0 Å². The topological polar surface area (TPSA) is 108 Å². The molecule has 0 spiro atoms. The largest absolute Gasteiger partial charge is 0.756 e. The molecule has 0 aromatic carbocycles. The fourth-order valence-electron chi connectivity index (χ4n) is 8.74. The van der Waals surface area contributed by atoms with Crippen LogP contribution in [0.15, 0.2) is 12.2 Å². The second-order valence-electron chi connectivity index (χ2n) is 21.0. The van der Waals surface area contributed by atoms with Crippen LogP contribution in [0.25, 0.3) is 0 Å². The standard InChI is InChI=1S/C56H113N2O6P/c1-6-8-10-12-14-16-18-19-20-21-22-23-24-25-26-27-28-29-30-31-32-33-34-35-36-37-38-40-42-44-46-48-50-56(60)57-54(53-64-65(61,62)63-52-51-58(3,4)5)55(59)49-47-45-43-41-39-17-15-13-11-9-7-2/h47,49,54-55,59H,6-46,48,50-53H2,1-5H3,(H-,57,60,61,62)/b49-47+. The molecule has 2 N–H and O–H groups in total. The molecule has 0 aliphatic carbocycles. The summed E-state index contributed by atoms with van der Waals surface area (Å²) in [6, 6.07) is -0.880. The lowest BCUT2D eigenvalue weighted by molar-refractivity contribution is -0.870. The molecule has 0 heterocycles. The summed E-state index contributed by atoms with van der Waals surface area (Å²) in [6.45, 7) is 4.67. The number of likely N-dealkylation sites (N-methyl/N-ethyl adjacent to an activating group) is 1. The number of nitrogens with one attached hydrogen (secondary N) is 1. The third-order valence-electron chi connectivity index (χ3n) is 13.2. The lowest BCUT2D eigenvalue weighted by Crippen LogP contribution is -2.45. The predicted octanol–water partition coefficient (Wildman–Crippen LogP) is 16.4. The first-order chi connectivity index (χ1) is 31.5. The summed E-state index contributed by atoms with van der Waals surface area (Å²) in [7, 11) is 1.27. The first-order valence-corrected chi connectivity index (χ1v) is 30.0. The lowest BCUT2D eigenvalue weighted by Gasteiger charge is -2.29. The van der Waals surface area contributed by atoms with Crippen LogP contribution in [0.4, 0.5) is 0 Å². The minimum atomic E-state index is -4.58. The molecule has 0 rings (SSSR count). The molecule has 0 saturated heterocycles. The molecule has 0 aromatic rings. The summed E-state index contributed by atoms with van der Waals surface area (Å²) in [5.41, 5.74) is 0. The van der Waals surface area contributed by atoms with E-state index in [0.717, 1.165) is 38.5 Å². The van der Waals surface area contributed by atoms with E-state index in [4.69, 9.17) is 9.05 Å². The molecule has 3 unspecified atom stereocenters. The van der Waals surface area contributed by atoms with Gasteiger partial charge in [-0.25, -0.2) is 0 Å². The Morgan fingerprint density at radius 1 is 0.523 bits per heavy atom. The fraction of sp³-hybridized carbons (Fsp3) is 0.946. The number of unbranched alkanes of at least 4 members (excludes halogenated alkanes) is 40. The van der Waals surface area contributed by atoms with E-state index in [-0.39, 0.29) is 19.1 Å². The normalized spacial score (nSPS) is 14.0. The van der Waals surface area contributed by atoms with Gasteiger partial charge in [-0.1, -0.05) is 276 Å². The van der Waals surface area contributed by atoms with Gasteiger partial charge < -0.3 is 28.8 Å². The Kier molecular flexibility index (Phi) is 47.7. The number of phosphoric acid groups is 1. The Morgan fingerprint density at radius 3 is 1.15 bits per heavy atom. The third-order valence-corrected chi connectivity index (χ3v) is 14.2. The van der Waals surface area contributed by atoms with Crippen molar-refractivity contribution in [3.8, 4) is 0 Å². The van der Waals surface area contributed by atoms with Gasteiger partial charge in [-0.3, -0.25) is 9.36 Å². The van der Waals surface area contributed by atoms with E-state index in [1.807, 2.05) is 27.2 Å². The lowest BCUT2D eigenvalue weighted by atomic mass is 10.0. The van der Waals surface area contributed by atoms with Gasteiger partial charge >= 0.3 is 0 Å². The van der Waals surface area contributed by atoms with E-state index >= 15 is 0 Å². The molecule has 0 bridgehead atoms. The molecule has 0 radical (unpaired) electrons. The van der Waals surface area contributed by atoms with Crippen LogP contribution in [0, 0.1) is 0 Å². The van der Waals surface area contributed by atoms with Crippen molar-refractivity contribution >= 4 is 13.7 Å². The highest BCUT2D eigenvalue weighted by atomic mass is 31.2. The zero-order valence-electron chi connectivity index (χ0n) is 44.2. The molecule has 0 aromatic heterocycles. The summed E-state index contributed by atoms with van der Waals surface area (Å²) >= 11 is 0. The predicted molar refractivity (Wildman–Crippen MR) is 279 cm³/mol. The highest BCUT2D eigenvalue weighted by Gasteiger charge is 2.23. The van der Waals surface area contributed by atoms with Crippen LogP contribution in [-0.4, -0.2) is 68.5 Å². The molecule has 0 aliphatic heterocycles. The maximum absolute atomic E-state index is 12.9. The molecule has 9 heteroatoms. The maximum atomic E-state index is 12.9. The Labute approximate surface area is 405 Å². The van der Waals surface area contributed by atoms with Crippen LogP contribution in [0.5, 0.6) is 0 Å². The summed E-state index contributed by atoms with van der Waals surface area (Å²) in [5, 5.41) is 13.8. The van der Waals surface area contributed by atoms with E-state index in [2.05, 4.69) is 19.2 Å². The number of rotatable bonds is 53. The zero-order chi connectivity index (χ0) is 47.8. The van der Waals surface area contributed by atoms with Gasteiger partial charge in [0.25, 0.3) is 7.82 Å². The van der Waals surface area contributed by atoms with Gasteiger partial charge in [0.15, 0.2) is 0 Å². The first kappa shape index (κ1) is 64.2. The Hall–Kier alpha value is -0.760. The van der Waals surface area contributed by atoms with E-state index in [1.165, 1.54) is 231 Å². The molecule has 0 saturated carbocycles. The van der Waals surface area contributed by atoms with Crippen LogP contribution in [-0.2, 0) is 18.4 Å². The van der Waals surface area contributed by atoms with Gasteiger partial charge in [-0.05, 0) is 19.3 Å². The molecular weight excluding hydrogens is 828 g/mol. The van der Waals surface area contributed by atoms with Crippen molar-refractivity contribution in [2.24, 2.45) is 0 Å². The smallest absolute Gasteiger partial charge is 0.268 e. The van der Waals surface area contributed by atoms with Crippen molar-refractivity contribution in [2.45, 2.75) is 302 Å². The molecule has 8 nitrogen and oxygen atoms in total. The van der Waals surface area contributed by atoms with Crippen LogP contribution in [0.1, 0.15) is 290 Å². The average Bonchev–Trinajstić information content (AvgIpc) is 3.26. The number of allylic oxidation sites excluding steroid dienone is 1. The van der Waals surface area contributed by atoms with E-state index < -0.39 is 20.0 Å². The number of phosphoric ester groups is 1. The van der Waals surface area contributed by atoms with E-state index in [9.17, 15) is 19.4 Å². The molecule has 3 atom stereocenters. The number of carbonyl (C=O) groups is 1. The molecule has 65 heavy (non-hydrogen) atoms. The first-order valence-electron chi connectivity index (χ1n) is 28.6. The molecule has 0 fully saturated rings. The summed E-state index contributed by atoms with van der Waals surface area (Å²) in [5.74, 6) is -0.192. The van der Waals surface area contributed by atoms with Gasteiger partial charge in [0, 0.05) is 6.42 Å². The van der Waals surface area contributed by atoms with Gasteiger partial charge in [0.05, 0.1) is 39.9 Å². The maximum Gasteiger partial charge on any atom is 0.268 e. The van der Waals surface area contributed by atoms with Crippen molar-refractivity contribution in [3.63, 3.8) is 0 Å². The molecule has 388 valence electrons. The minimum absolute atomic E-state index is 0.00220.